The topological polar surface area (TPSA) is 394 Å². The number of hydrogen-bond donors (Lipinski definition) is 15. The van der Waals surface area contributed by atoms with Crippen molar-refractivity contribution in [3.63, 3.8) is 0 Å². The third kappa shape index (κ3) is 9.50. The number of carboxylic acids is 1. The molecule has 9 rings (SSSR count). The van der Waals surface area contributed by atoms with Crippen LogP contribution in [0.5, 0.6) is 0 Å². The molecule has 77 heavy (non-hydrogen) atoms. The minimum atomic E-state index is -2.22. The van der Waals surface area contributed by atoms with E-state index in [0.29, 0.717) is 38.5 Å². The molecule has 442 valence electrons. The van der Waals surface area contributed by atoms with Crippen LogP contribution in [0.2, 0.25) is 0 Å². The van der Waals surface area contributed by atoms with Gasteiger partial charge >= 0.3 is 5.97 Å². The summed E-state index contributed by atoms with van der Waals surface area (Å²) in [7, 11) is 0. The molecule has 4 heterocycles. The van der Waals surface area contributed by atoms with Crippen LogP contribution in [0.3, 0.4) is 0 Å². The number of fused-ring (bicyclic) bond motifs is 7. The lowest BCUT2D eigenvalue weighted by Gasteiger charge is -2.73. The second kappa shape index (κ2) is 21.5. The molecule has 4 aliphatic heterocycles. The molecule has 0 aromatic heterocycles. The standard InChI is InChI=1S/C53H86O24/c1-48(2)14-15-53(20-56)22(16-48)21-8-9-27-50(5)12-11-28(49(3,4)26(50)10-13-51(27,6)52(21,7)41(66)42(53)67)73-47-40(77-45-35(64)33(62)31(60)25(18-55)72-45)37(36(65)38(75-47)43(68)69)74-46-39(29(58)23(57)19-70-46)76-44-34(63)32(61)30(59)24(17-54)71-44/h8,22-42,44-47,54-67H,9-20H2,1-7H3,(H,68,69). The molecule has 4 saturated heterocycles. The highest BCUT2D eigenvalue weighted by molar-refractivity contribution is 5.73. The fourth-order valence-corrected chi connectivity index (χ4v) is 16.5. The zero-order valence-corrected chi connectivity index (χ0v) is 44.9. The van der Waals surface area contributed by atoms with Crippen LogP contribution in [0.4, 0.5) is 0 Å². The lowest BCUT2D eigenvalue weighted by molar-refractivity contribution is -0.401. The normalized spacial score (nSPS) is 54.5. The highest BCUT2D eigenvalue weighted by Gasteiger charge is 2.73. The van der Waals surface area contributed by atoms with Gasteiger partial charge in [-0.2, -0.15) is 0 Å². The van der Waals surface area contributed by atoms with Gasteiger partial charge in [-0.1, -0.05) is 60.1 Å². The molecule has 0 bridgehead atoms. The van der Waals surface area contributed by atoms with Gasteiger partial charge in [0, 0.05) is 10.8 Å². The quantitative estimate of drug-likeness (QED) is 0.0689. The predicted molar refractivity (Wildman–Crippen MR) is 260 cm³/mol. The molecular weight excluding hydrogens is 1020 g/mol. The van der Waals surface area contributed by atoms with Crippen LogP contribution in [0.15, 0.2) is 11.6 Å². The van der Waals surface area contributed by atoms with Gasteiger partial charge in [0.15, 0.2) is 31.3 Å². The molecule has 0 aromatic rings. The van der Waals surface area contributed by atoms with Crippen molar-refractivity contribution in [1.29, 1.82) is 0 Å². The molecule has 9 aliphatic rings. The summed E-state index contributed by atoms with van der Waals surface area (Å²) < 4.78 is 48.5. The van der Waals surface area contributed by atoms with E-state index >= 15 is 0 Å². The highest BCUT2D eigenvalue weighted by atomic mass is 16.8. The second-order valence-corrected chi connectivity index (χ2v) is 26.1. The second-order valence-electron chi connectivity index (χ2n) is 26.1. The van der Waals surface area contributed by atoms with Gasteiger partial charge in [-0.15, -0.1) is 0 Å². The van der Waals surface area contributed by atoms with Gasteiger partial charge in [0.2, 0.25) is 0 Å². The van der Waals surface area contributed by atoms with Crippen LogP contribution < -0.4 is 0 Å². The van der Waals surface area contributed by atoms with E-state index in [1.165, 1.54) is 0 Å². The maximum Gasteiger partial charge on any atom is 0.335 e. The van der Waals surface area contributed by atoms with Crippen LogP contribution in [0.25, 0.3) is 0 Å². The van der Waals surface area contributed by atoms with Crippen LogP contribution in [-0.4, -0.2) is 244 Å². The number of hydrogen-bond acceptors (Lipinski definition) is 23. The molecule has 5 aliphatic carbocycles. The molecule has 8 fully saturated rings. The average molecular weight is 1110 g/mol. The van der Waals surface area contributed by atoms with Crippen molar-refractivity contribution in [2.24, 2.45) is 50.2 Å². The van der Waals surface area contributed by atoms with Crippen molar-refractivity contribution in [3.8, 4) is 0 Å². The molecule has 24 nitrogen and oxygen atoms in total. The summed E-state index contributed by atoms with van der Waals surface area (Å²) in [6.07, 6.45) is -31.7. The number of aliphatic hydroxyl groups is 14. The number of carboxylic acid groups (broad SMARTS) is 1. The fraction of sp³-hybridized carbons (Fsp3) is 0.943. The summed E-state index contributed by atoms with van der Waals surface area (Å²) in [6, 6.07) is 0. The molecule has 29 unspecified atom stereocenters. The largest absolute Gasteiger partial charge is 0.479 e. The molecule has 15 N–H and O–H groups in total. The Morgan fingerprint density at radius 1 is 0.597 bits per heavy atom. The summed E-state index contributed by atoms with van der Waals surface area (Å²) in [5.74, 6) is -1.93. The molecule has 4 saturated carbocycles. The smallest absolute Gasteiger partial charge is 0.335 e. The summed E-state index contributed by atoms with van der Waals surface area (Å²) in [5, 5.41) is 165. The van der Waals surface area contributed by atoms with E-state index in [-0.39, 0.29) is 29.8 Å². The monoisotopic (exact) mass is 1110 g/mol. The van der Waals surface area contributed by atoms with Crippen molar-refractivity contribution in [2.45, 2.75) is 235 Å². The first-order valence-corrected chi connectivity index (χ1v) is 27.4. The first-order chi connectivity index (χ1) is 36.0. The lowest BCUT2D eigenvalue weighted by Crippen LogP contribution is -2.72. The summed E-state index contributed by atoms with van der Waals surface area (Å²) >= 11 is 0. The fourth-order valence-electron chi connectivity index (χ4n) is 16.5. The van der Waals surface area contributed by atoms with Crippen molar-refractivity contribution in [2.75, 3.05) is 26.4 Å². The Bertz CT molecular complexity index is 2130. The van der Waals surface area contributed by atoms with E-state index in [9.17, 15) is 81.4 Å². The molecule has 0 amide bonds. The molecular formula is C53H86O24. The molecule has 29 atom stereocenters. The van der Waals surface area contributed by atoms with E-state index in [4.69, 9.17) is 37.9 Å². The van der Waals surface area contributed by atoms with Crippen molar-refractivity contribution >= 4 is 5.97 Å². The van der Waals surface area contributed by atoms with E-state index in [1.807, 2.05) is 13.8 Å². The van der Waals surface area contributed by atoms with Crippen LogP contribution in [0.1, 0.15) is 99.8 Å². The predicted octanol–water partition coefficient (Wildman–Crippen LogP) is -2.89. The molecule has 0 aromatic carbocycles. The van der Waals surface area contributed by atoms with Gasteiger partial charge < -0.3 is 114 Å². The van der Waals surface area contributed by atoms with Crippen LogP contribution in [-0.2, 0) is 42.7 Å². The van der Waals surface area contributed by atoms with E-state index in [0.717, 1.165) is 18.4 Å². The van der Waals surface area contributed by atoms with Crippen molar-refractivity contribution in [3.05, 3.63) is 11.6 Å². The van der Waals surface area contributed by atoms with Gasteiger partial charge in [0.25, 0.3) is 0 Å². The Morgan fingerprint density at radius 3 is 1.75 bits per heavy atom. The Kier molecular flexibility index (Phi) is 16.7. The number of rotatable bonds is 12. The first kappa shape index (κ1) is 59.9. The minimum Gasteiger partial charge on any atom is -0.479 e. The molecule has 0 radical (unpaired) electrons. The summed E-state index contributed by atoms with van der Waals surface area (Å²) in [5.41, 5.74) is -2.34. The summed E-state index contributed by atoms with van der Waals surface area (Å²) in [6.45, 7) is 12.5. The van der Waals surface area contributed by atoms with Gasteiger partial charge in [0.1, 0.15) is 85.5 Å². The molecule has 0 spiro atoms. The minimum absolute atomic E-state index is 0.0113. The lowest BCUT2D eigenvalue weighted by atomic mass is 9.32. The third-order valence-electron chi connectivity index (χ3n) is 21.3. The van der Waals surface area contributed by atoms with Crippen molar-refractivity contribution < 1.29 is 119 Å². The van der Waals surface area contributed by atoms with Gasteiger partial charge in [-0.3, -0.25) is 0 Å². The van der Waals surface area contributed by atoms with E-state index in [2.05, 4.69) is 40.7 Å². The number of aliphatic carboxylic acids is 1. The molecule has 24 heteroatoms. The zero-order valence-electron chi connectivity index (χ0n) is 44.9. The SMILES string of the molecule is CC1(C)CCC2(CO)C(C1)C1=CCC3C4(C)CCC(OC5OC(C(=O)O)C(O)C(OC6OCC(O)C(O)C6OC6OC(CO)C(O)C(O)C6O)C5OC5OC(CO)C(O)C(O)C5O)C(C)(C)C4CCC3(C)C1(C)C(O)C2O. The Morgan fingerprint density at radius 2 is 1.18 bits per heavy atom. The number of allylic oxidation sites excluding steroid dienone is 1. The maximum absolute atomic E-state index is 13.1. The number of carbonyl (C=O) groups is 1. The Balaban J connectivity index is 1.04. The van der Waals surface area contributed by atoms with Gasteiger partial charge in [-0.05, 0) is 90.8 Å². The van der Waals surface area contributed by atoms with E-state index < -0.39 is 188 Å². The van der Waals surface area contributed by atoms with Gasteiger partial charge in [0.05, 0.1) is 44.7 Å². The van der Waals surface area contributed by atoms with Crippen molar-refractivity contribution in [1.82, 2.24) is 0 Å². The van der Waals surface area contributed by atoms with Crippen LogP contribution in [0, 0.1) is 50.2 Å². The maximum atomic E-state index is 13.1. The Labute approximate surface area is 447 Å². The third-order valence-corrected chi connectivity index (χ3v) is 21.3. The van der Waals surface area contributed by atoms with E-state index in [1.54, 1.807) is 0 Å². The van der Waals surface area contributed by atoms with Crippen LogP contribution >= 0.6 is 0 Å². The number of aliphatic hydroxyl groups excluding tert-OH is 14. The average Bonchev–Trinajstić information content (AvgIpc) is 3.47. The summed E-state index contributed by atoms with van der Waals surface area (Å²) in [4.78, 5) is 13.1. The Hall–Kier alpha value is -1.67. The highest BCUT2D eigenvalue weighted by Crippen LogP contribution is 2.76. The van der Waals surface area contributed by atoms with Gasteiger partial charge in [-0.25, -0.2) is 4.79 Å². The first-order valence-electron chi connectivity index (χ1n) is 27.4. The zero-order chi connectivity index (χ0) is 56.4. The number of ether oxygens (including phenoxy) is 8.